The van der Waals surface area contributed by atoms with Gasteiger partial charge in [0.05, 0.1) is 5.69 Å². The maximum absolute atomic E-state index is 12.5. The van der Waals surface area contributed by atoms with E-state index < -0.39 is 0 Å². The van der Waals surface area contributed by atoms with Crippen molar-refractivity contribution in [3.05, 3.63) is 82.6 Å². The average Bonchev–Trinajstić information content (AvgIpc) is 2.76. The number of anilines is 2. The Hall–Kier alpha value is -3.61. The first-order valence-electron chi connectivity index (χ1n) is 9.63. The number of urea groups is 1. The first-order valence-corrected chi connectivity index (χ1v) is 9.63. The Morgan fingerprint density at radius 3 is 2.28 bits per heavy atom. The Kier molecular flexibility index (Phi) is 5.29. The van der Waals surface area contributed by atoms with E-state index in [2.05, 4.69) is 15.3 Å². The van der Waals surface area contributed by atoms with E-state index in [-0.39, 0.29) is 11.6 Å². The van der Waals surface area contributed by atoms with E-state index >= 15 is 0 Å². The van der Waals surface area contributed by atoms with Gasteiger partial charge >= 0.3 is 6.03 Å². The van der Waals surface area contributed by atoms with E-state index in [4.69, 9.17) is 0 Å². The SMILES string of the molecule is Cc1ccc(-n2nc(N3CCN(C(=O)Nc4ccccc4)CC3)ccc2=O)cc1. The molecule has 7 heteroatoms. The highest BCUT2D eigenvalue weighted by Gasteiger charge is 2.22. The third-order valence-corrected chi connectivity index (χ3v) is 4.98. The molecule has 2 amide bonds. The normalized spacial score (nSPS) is 14.0. The van der Waals surface area contributed by atoms with Crippen molar-refractivity contribution in [3.8, 4) is 5.69 Å². The molecule has 0 aliphatic carbocycles. The summed E-state index contributed by atoms with van der Waals surface area (Å²) in [7, 11) is 0. The van der Waals surface area contributed by atoms with E-state index in [1.807, 2.05) is 61.5 Å². The van der Waals surface area contributed by atoms with Crippen molar-refractivity contribution < 1.29 is 4.79 Å². The van der Waals surface area contributed by atoms with E-state index in [1.165, 1.54) is 10.7 Å². The molecule has 1 N–H and O–H groups in total. The number of rotatable bonds is 3. The van der Waals surface area contributed by atoms with Crippen molar-refractivity contribution in [1.29, 1.82) is 0 Å². The quantitative estimate of drug-likeness (QED) is 0.748. The third kappa shape index (κ3) is 4.29. The fourth-order valence-electron chi connectivity index (χ4n) is 3.30. The topological polar surface area (TPSA) is 70.5 Å². The van der Waals surface area contributed by atoms with E-state index in [0.29, 0.717) is 26.2 Å². The van der Waals surface area contributed by atoms with Gasteiger partial charge in [0.1, 0.15) is 5.82 Å². The van der Waals surface area contributed by atoms with Crippen molar-refractivity contribution in [1.82, 2.24) is 14.7 Å². The maximum atomic E-state index is 12.5. The van der Waals surface area contributed by atoms with Gasteiger partial charge < -0.3 is 15.1 Å². The Balaban J connectivity index is 1.43. The highest BCUT2D eigenvalue weighted by Crippen LogP contribution is 2.15. The number of carbonyl (C=O) groups excluding carboxylic acids is 1. The van der Waals surface area contributed by atoms with Crippen LogP contribution in [0.4, 0.5) is 16.3 Å². The molecule has 4 rings (SSSR count). The molecule has 2 aromatic carbocycles. The van der Waals surface area contributed by atoms with Crippen molar-refractivity contribution in [2.45, 2.75) is 6.92 Å². The molecule has 1 aliphatic rings. The minimum atomic E-state index is -0.168. The van der Waals surface area contributed by atoms with Gasteiger partial charge in [0.25, 0.3) is 5.56 Å². The molecule has 0 unspecified atom stereocenters. The monoisotopic (exact) mass is 389 g/mol. The van der Waals surface area contributed by atoms with Crippen molar-refractivity contribution in [2.24, 2.45) is 0 Å². The lowest BCUT2D eigenvalue weighted by Crippen LogP contribution is -2.50. The van der Waals surface area contributed by atoms with Gasteiger partial charge in [-0.2, -0.15) is 4.68 Å². The zero-order chi connectivity index (χ0) is 20.2. The second kappa shape index (κ2) is 8.18. The predicted octanol–water partition coefficient (Wildman–Crippen LogP) is 2.90. The Morgan fingerprint density at radius 2 is 1.59 bits per heavy atom. The van der Waals surface area contributed by atoms with Crippen LogP contribution in [-0.2, 0) is 0 Å². The zero-order valence-electron chi connectivity index (χ0n) is 16.3. The minimum absolute atomic E-state index is 0.103. The summed E-state index contributed by atoms with van der Waals surface area (Å²) in [6.45, 7) is 4.49. The summed E-state index contributed by atoms with van der Waals surface area (Å²) in [5.41, 5.74) is 2.48. The van der Waals surface area contributed by atoms with Crippen molar-refractivity contribution in [2.75, 3.05) is 36.4 Å². The standard InChI is InChI=1S/C22H23N5O2/c1-17-7-9-19(10-8-17)27-21(28)12-11-20(24-27)25-13-15-26(16-14-25)22(29)23-18-5-3-2-4-6-18/h2-12H,13-16H2,1H3,(H,23,29). The molecule has 148 valence electrons. The molecule has 1 fully saturated rings. The Morgan fingerprint density at radius 1 is 0.897 bits per heavy atom. The summed E-state index contributed by atoms with van der Waals surface area (Å²) in [6.07, 6.45) is 0. The fourth-order valence-corrected chi connectivity index (χ4v) is 3.30. The molecule has 1 saturated heterocycles. The van der Waals surface area contributed by atoms with Crippen molar-refractivity contribution >= 4 is 17.5 Å². The van der Waals surface area contributed by atoms with E-state index in [0.717, 1.165) is 22.8 Å². The van der Waals surface area contributed by atoms with Gasteiger partial charge in [-0.05, 0) is 37.3 Å². The molecular weight excluding hydrogens is 366 g/mol. The van der Waals surface area contributed by atoms with Crippen LogP contribution in [0.15, 0.2) is 71.5 Å². The molecule has 0 atom stereocenters. The first-order chi connectivity index (χ1) is 14.1. The van der Waals surface area contributed by atoms with Crippen LogP contribution in [0, 0.1) is 6.92 Å². The van der Waals surface area contributed by atoms with Crippen LogP contribution in [0.25, 0.3) is 5.69 Å². The van der Waals surface area contributed by atoms with Gasteiger partial charge in [-0.25, -0.2) is 4.79 Å². The van der Waals surface area contributed by atoms with Crippen LogP contribution in [-0.4, -0.2) is 46.9 Å². The lowest BCUT2D eigenvalue weighted by molar-refractivity contribution is 0.208. The molecule has 1 aromatic heterocycles. The summed E-state index contributed by atoms with van der Waals surface area (Å²) in [4.78, 5) is 28.6. The average molecular weight is 389 g/mol. The summed E-state index contributed by atoms with van der Waals surface area (Å²) >= 11 is 0. The number of amides is 2. The molecule has 0 bridgehead atoms. The van der Waals surface area contributed by atoms with Crippen LogP contribution >= 0.6 is 0 Å². The van der Waals surface area contributed by atoms with Crippen LogP contribution < -0.4 is 15.8 Å². The number of hydrogen-bond donors (Lipinski definition) is 1. The fraction of sp³-hybridized carbons (Fsp3) is 0.227. The van der Waals surface area contributed by atoms with Gasteiger partial charge in [-0.1, -0.05) is 35.9 Å². The number of benzene rings is 2. The third-order valence-electron chi connectivity index (χ3n) is 4.98. The molecule has 0 saturated carbocycles. The van der Waals surface area contributed by atoms with Gasteiger partial charge in [-0.3, -0.25) is 4.79 Å². The number of aromatic nitrogens is 2. The van der Waals surface area contributed by atoms with E-state index in [1.54, 1.807) is 11.0 Å². The van der Waals surface area contributed by atoms with Crippen LogP contribution in [0.2, 0.25) is 0 Å². The molecule has 0 spiro atoms. The van der Waals surface area contributed by atoms with E-state index in [9.17, 15) is 9.59 Å². The van der Waals surface area contributed by atoms with Gasteiger partial charge in [0.2, 0.25) is 0 Å². The number of nitrogens with one attached hydrogen (secondary N) is 1. The minimum Gasteiger partial charge on any atom is -0.352 e. The summed E-state index contributed by atoms with van der Waals surface area (Å²) in [5, 5.41) is 7.46. The number of piperazine rings is 1. The lowest BCUT2D eigenvalue weighted by Gasteiger charge is -2.35. The number of aryl methyl sites for hydroxylation is 1. The second-order valence-electron chi connectivity index (χ2n) is 7.05. The number of para-hydroxylation sites is 1. The number of carbonyl (C=O) groups is 1. The Labute approximate surface area is 169 Å². The number of nitrogens with zero attached hydrogens (tertiary/aromatic N) is 4. The molecule has 0 radical (unpaired) electrons. The first kappa shape index (κ1) is 18.7. The van der Waals surface area contributed by atoms with Crippen LogP contribution in [0.1, 0.15) is 5.56 Å². The van der Waals surface area contributed by atoms with Crippen molar-refractivity contribution in [3.63, 3.8) is 0 Å². The van der Waals surface area contributed by atoms with Gasteiger partial charge in [0, 0.05) is 37.9 Å². The highest BCUT2D eigenvalue weighted by molar-refractivity contribution is 5.89. The maximum Gasteiger partial charge on any atom is 0.321 e. The molecular formula is C22H23N5O2. The molecule has 29 heavy (non-hydrogen) atoms. The molecule has 1 aliphatic heterocycles. The predicted molar refractivity (Wildman–Crippen MR) is 114 cm³/mol. The van der Waals surface area contributed by atoms with Gasteiger partial charge in [0.15, 0.2) is 0 Å². The smallest absolute Gasteiger partial charge is 0.321 e. The summed E-state index contributed by atoms with van der Waals surface area (Å²) in [5.74, 6) is 0.730. The summed E-state index contributed by atoms with van der Waals surface area (Å²) < 4.78 is 1.42. The summed E-state index contributed by atoms with van der Waals surface area (Å²) in [6, 6.07) is 20.3. The molecule has 7 nitrogen and oxygen atoms in total. The van der Waals surface area contributed by atoms with Gasteiger partial charge in [-0.15, -0.1) is 5.10 Å². The zero-order valence-corrected chi connectivity index (χ0v) is 16.3. The Bertz CT molecular complexity index is 1040. The largest absolute Gasteiger partial charge is 0.352 e. The second-order valence-corrected chi connectivity index (χ2v) is 7.05. The number of hydrogen-bond acceptors (Lipinski definition) is 4. The molecule has 3 aromatic rings. The molecule has 2 heterocycles. The highest BCUT2D eigenvalue weighted by atomic mass is 16.2. The van der Waals surface area contributed by atoms with Crippen LogP contribution in [0.5, 0.6) is 0 Å². The van der Waals surface area contributed by atoms with Crippen LogP contribution in [0.3, 0.4) is 0 Å². The lowest BCUT2D eigenvalue weighted by atomic mass is 10.2.